The third kappa shape index (κ3) is 2.27. The van der Waals surface area contributed by atoms with E-state index in [9.17, 15) is 0 Å². The number of rotatable bonds is 2. The van der Waals surface area contributed by atoms with Crippen molar-refractivity contribution in [3.05, 3.63) is 36.6 Å². The average Bonchev–Trinajstić information content (AvgIpc) is 2.78. The molecule has 0 aliphatic rings. The van der Waals surface area contributed by atoms with Gasteiger partial charge in [0.1, 0.15) is 12.0 Å². The van der Waals surface area contributed by atoms with Crippen molar-refractivity contribution in [3.63, 3.8) is 0 Å². The molecule has 0 aliphatic heterocycles. The first-order valence-corrected chi connectivity index (χ1v) is 9.34. The monoisotopic (exact) mass is 259 g/mol. The summed E-state index contributed by atoms with van der Waals surface area (Å²) < 4.78 is 5.76. The summed E-state index contributed by atoms with van der Waals surface area (Å²) in [7, 11) is -1.67. The van der Waals surface area contributed by atoms with Crippen molar-refractivity contribution in [2.24, 2.45) is 0 Å². The van der Waals surface area contributed by atoms with E-state index in [1.807, 2.05) is 18.2 Å². The lowest BCUT2D eigenvalue weighted by Gasteiger charge is -2.33. The van der Waals surface area contributed by atoms with Crippen LogP contribution in [0.1, 0.15) is 20.8 Å². The second kappa shape index (κ2) is 4.39. The standard InChI is InChI=1S/C15H21NOSi/c1-15(2,3)18(4,5)14-16-13(11-17-14)12-9-7-6-8-10-12/h6-11H,1-5H3. The number of nitrogens with zero attached hydrogens (tertiary/aromatic N) is 1. The zero-order valence-electron chi connectivity index (χ0n) is 11.8. The molecule has 18 heavy (non-hydrogen) atoms. The first-order valence-electron chi connectivity index (χ1n) is 6.34. The van der Waals surface area contributed by atoms with Gasteiger partial charge in [0.05, 0.1) is 0 Å². The summed E-state index contributed by atoms with van der Waals surface area (Å²) in [5.74, 6) is 0. The second-order valence-electron chi connectivity index (χ2n) is 6.28. The van der Waals surface area contributed by atoms with Gasteiger partial charge in [-0.1, -0.05) is 64.2 Å². The minimum absolute atomic E-state index is 0.242. The van der Waals surface area contributed by atoms with Gasteiger partial charge in [0, 0.05) is 5.56 Å². The Kier molecular flexibility index (Phi) is 3.19. The van der Waals surface area contributed by atoms with Crippen molar-refractivity contribution < 1.29 is 4.42 Å². The van der Waals surface area contributed by atoms with E-state index >= 15 is 0 Å². The molecule has 1 aromatic carbocycles. The highest BCUT2D eigenvalue weighted by atomic mass is 28.3. The van der Waals surface area contributed by atoms with E-state index in [4.69, 9.17) is 9.40 Å². The van der Waals surface area contributed by atoms with Gasteiger partial charge in [0.25, 0.3) is 0 Å². The summed E-state index contributed by atoms with van der Waals surface area (Å²) in [4.78, 5) is 4.71. The first kappa shape index (κ1) is 13.1. The molecule has 96 valence electrons. The molecule has 0 atom stereocenters. The van der Waals surface area contributed by atoms with E-state index in [0.29, 0.717) is 0 Å². The number of benzene rings is 1. The summed E-state index contributed by atoms with van der Waals surface area (Å²) in [6.45, 7) is 11.4. The summed E-state index contributed by atoms with van der Waals surface area (Å²) in [6.07, 6.45) is 1.78. The summed E-state index contributed by atoms with van der Waals surface area (Å²) >= 11 is 0. The Morgan fingerprint density at radius 3 is 2.22 bits per heavy atom. The van der Waals surface area contributed by atoms with Crippen molar-refractivity contribution in [1.29, 1.82) is 0 Å². The van der Waals surface area contributed by atoms with Crippen LogP contribution >= 0.6 is 0 Å². The maximum absolute atomic E-state index is 5.76. The highest BCUT2D eigenvalue weighted by molar-refractivity contribution is 6.90. The fraction of sp³-hybridized carbons (Fsp3) is 0.400. The zero-order chi connectivity index (χ0) is 13.4. The molecule has 0 N–H and O–H groups in total. The molecule has 3 heteroatoms. The van der Waals surface area contributed by atoms with Gasteiger partial charge in [-0.15, -0.1) is 0 Å². The summed E-state index contributed by atoms with van der Waals surface area (Å²) in [5.41, 5.74) is 3.00. The minimum Gasteiger partial charge on any atom is -0.453 e. The highest BCUT2D eigenvalue weighted by Gasteiger charge is 2.41. The van der Waals surface area contributed by atoms with Crippen LogP contribution in [-0.4, -0.2) is 13.1 Å². The molecule has 0 saturated carbocycles. The third-order valence-corrected chi connectivity index (χ3v) is 9.03. The Morgan fingerprint density at radius 2 is 1.67 bits per heavy atom. The molecule has 0 unspecified atom stereocenters. The number of hydrogen-bond acceptors (Lipinski definition) is 2. The zero-order valence-corrected chi connectivity index (χ0v) is 12.8. The van der Waals surface area contributed by atoms with Gasteiger partial charge in [-0.25, -0.2) is 4.98 Å². The van der Waals surface area contributed by atoms with Crippen LogP contribution in [0.25, 0.3) is 11.3 Å². The Labute approximate surface area is 110 Å². The van der Waals surface area contributed by atoms with Gasteiger partial charge in [-0.05, 0) is 5.04 Å². The molecule has 0 fully saturated rings. The largest absolute Gasteiger partial charge is 0.453 e. The normalized spacial score (nSPS) is 12.7. The molecule has 0 aliphatic carbocycles. The molecule has 0 saturated heterocycles. The number of aromatic nitrogens is 1. The molecule has 0 spiro atoms. The number of oxazole rings is 1. The average molecular weight is 259 g/mol. The predicted molar refractivity (Wildman–Crippen MR) is 78.8 cm³/mol. The fourth-order valence-corrected chi connectivity index (χ4v) is 3.02. The predicted octanol–water partition coefficient (Wildman–Crippen LogP) is 4.06. The minimum atomic E-state index is -1.67. The fourth-order valence-electron chi connectivity index (χ4n) is 1.62. The van der Waals surface area contributed by atoms with E-state index in [2.05, 4.69) is 46.0 Å². The number of hydrogen-bond donors (Lipinski definition) is 0. The molecule has 1 heterocycles. The lowest BCUT2D eigenvalue weighted by atomic mass is 10.2. The van der Waals surface area contributed by atoms with Gasteiger partial charge in [-0.3, -0.25) is 0 Å². The van der Waals surface area contributed by atoms with E-state index in [1.54, 1.807) is 6.26 Å². The first-order chi connectivity index (χ1) is 8.32. The SMILES string of the molecule is CC(C)(C)[Si](C)(C)c1nc(-c2ccccc2)co1. The van der Waals surface area contributed by atoms with E-state index in [0.717, 1.165) is 16.8 Å². The van der Waals surface area contributed by atoms with Crippen molar-refractivity contribution in [2.45, 2.75) is 38.9 Å². The van der Waals surface area contributed by atoms with Gasteiger partial charge in [0.2, 0.25) is 0 Å². The van der Waals surface area contributed by atoms with Crippen LogP contribution in [0, 0.1) is 0 Å². The van der Waals surface area contributed by atoms with Gasteiger partial charge in [-0.2, -0.15) is 0 Å². The molecule has 2 nitrogen and oxygen atoms in total. The van der Waals surface area contributed by atoms with Crippen LogP contribution in [0.5, 0.6) is 0 Å². The quantitative estimate of drug-likeness (QED) is 0.760. The maximum atomic E-state index is 5.76. The lowest BCUT2D eigenvalue weighted by Crippen LogP contribution is -2.50. The third-order valence-electron chi connectivity index (χ3n) is 3.98. The summed E-state index contributed by atoms with van der Waals surface area (Å²) in [5, 5.41) is 0.242. The molecule has 2 aromatic rings. The molecule has 0 amide bonds. The topological polar surface area (TPSA) is 26.0 Å². The van der Waals surface area contributed by atoms with Crippen molar-refractivity contribution in [1.82, 2.24) is 4.98 Å². The van der Waals surface area contributed by atoms with Crippen LogP contribution in [0.15, 0.2) is 41.0 Å². The Balaban J connectivity index is 2.38. The van der Waals surface area contributed by atoms with E-state index in [1.165, 1.54) is 0 Å². The summed E-state index contributed by atoms with van der Waals surface area (Å²) in [6, 6.07) is 10.2. The van der Waals surface area contributed by atoms with Gasteiger partial charge >= 0.3 is 0 Å². The van der Waals surface area contributed by atoms with Crippen molar-refractivity contribution in [2.75, 3.05) is 0 Å². The highest BCUT2D eigenvalue weighted by Crippen LogP contribution is 2.35. The molecular weight excluding hydrogens is 238 g/mol. The maximum Gasteiger partial charge on any atom is 0.166 e. The molecule has 1 aromatic heterocycles. The van der Waals surface area contributed by atoms with Crippen LogP contribution in [-0.2, 0) is 0 Å². The van der Waals surface area contributed by atoms with Crippen LogP contribution < -0.4 is 5.51 Å². The van der Waals surface area contributed by atoms with Gasteiger partial charge < -0.3 is 4.42 Å². The van der Waals surface area contributed by atoms with Crippen LogP contribution in [0.3, 0.4) is 0 Å². The molecule has 0 bridgehead atoms. The molecule has 2 rings (SSSR count). The Bertz CT molecular complexity index is 523. The van der Waals surface area contributed by atoms with Crippen LogP contribution in [0.4, 0.5) is 0 Å². The smallest absolute Gasteiger partial charge is 0.166 e. The Hall–Kier alpha value is -1.35. The van der Waals surface area contributed by atoms with Crippen molar-refractivity contribution in [3.8, 4) is 11.3 Å². The van der Waals surface area contributed by atoms with E-state index in [-0.39, 0.29) is 5.04 Å². The van der Waals surface area contributed by atoms with Gasteiger partial charge in [0.15, 0.2) is 13.6 Å². The second-order valence-corrected chi connectivity index (χ2v) is 11.5. The van der Waals surface area contributed by atoms with Crippen LogP contribution in [0.2, 0.25) is 18.1 Å². The molecular formula is C15H21NOSi. The lowest BCUT2D eigenvalue weighted by molar-refractivity contribution is 0.581. The molecule has 0 radical (unpaired) electrons. The Morgan fingerprint density at radius 1 is 1.06 bits per heavy atom. The van der Waals surface area contributed by atoms with E-state index < -0.39 is 8.07 Å². The van der Waals surface area contributed by atoms with Crippen molar-refractivity contribution >= 4 is 13.6 Å².